The minimum atomic E-state index is -0.0923. The van der Waals surface area contributed by atoms with E-state index in [4.69, 9.17) is 4.74 Å². The summed E-state index contributed by atoms with van der Waals surface area (Å²) in [5.74, 6) is 0.763. The van der Waals surface area contributed by atoms with Gasteiger partial charge in [0.2, 0.25) is 0 Å². The molecule has 2 heterocycles. The summed E-state index contributed by atoms with van der Waals surface area (Å²) in [6.45, 7) is 2.22. The molecule has 4 heteroatoms. The molecule has 20 heavy (non-hydrogen) atoms. The molecule has 0 unspecified atom stereocenters. The molecule has 0 bridgehead atoms. The molecule has 0 saturated carbocycles. The number of hydrogen-bond acceptors (Lipinski definition) is 3. The van der Waals surface area contributed by atoms with Crippen LogP contribution in [0, 0.1) is 6.92 Å². The Hall–Kier alpha value is -2.62. The molecule has 2 aromatic heterocycles. The zero-order valence-electron chi connectivity index (χ0n) is 11.1. The highest BCUT2D eigenvalue weighted by molar-refractivity contribution is 5.46. The van der Waals surface area contributed by atoms with Gasteiger partial charge in [0.25, 0.3) is 5.56 Å². The second kappa shape index (κ2) is 5.17. The van der Waals surface area contributed by atoms with Gasteiger partial charge >= 0.3 is 0 Å². The normalized spacial score (nSPS) is 10.7. The van der Waals surface area contributed by atoms with Crippen LogP contribution in [0.3, 0.4) is 0 Å². The van der Waals surface area contributed by atoms with E-state index in [1.54, 1.807) is 10.6 Å². The highest BCUT2D eigenvalue weighted by Crippen LogP contribution is 2.11. The topological polar surface area (TPSA) is 43.6 Å². The third-order valence-electron chi connectivity index (χ3n) is 3.07. The van der Waals surface area contributed by atoms with Gasteiger partial charge in [0.1, 0.15) is 18.0 Å². The Bertz CT molecular complexity index is 794. The molecule has 0 aliphatic carbocycles. The largest absolute Gasteiger partial charge is 0.487 e. The molecule has 0 N–H and O–H groups in total. The number of aryl methyl sites for hydroxylation is 1. The Morgan fingerprint density at radius 3 is 2.75 bits per heavy atom. The molecule has 0 amide bonds. The van der Waals surface area contributed by atoms with Gasteiger partial charge in [-0.05, 0) is 30.7 Å². The van der Waals surface area contributed by atoms with Gasteiger partial charge < -0.3 is 4.74 Å². The van der Waals surface area contributed by atoms with Crippen LogP contribution in [0.5, 0.6) is 5.75 Å². The van der Waals surface area contributed by atoms with Crippen LogP contribution in [0.1, 0.15) is 11.3 Å². The number of benzene rings is 1. The van der Waals surface area contributed by atoms with Crippen molar-refractivity contribution in [3.8, 4) is 5.75 Å². The van der Waals surface area contributed by atoms with Gasteiger partial charge in [-0.15, -0.1) is 0 Å². The zero-order valence-corrected chi connectivity index (χ0v) is 11.1. The van der Waals surface area contributed by atoms with E-state index in [0.717, 1.165) is 11.3 Å². The molecular weight excluding hydrogens is 252 g/mol. The van der Waals surface area contributed by atoms with Crippen LogP contribution in [-0.4, -0.2) is 9.38 Å². The Kier molecular flexibility index (Phi) is 3.21. The smallest absolute Gasteiger partial charge is 0.258 e. The van der Waals surface area contributed by atoms with Crippen molar-refractivity contribution in [2.75, 3.05) is 0 Å². The molecule has 0 aliphatic heterocycles. The molecular formula is C16H14N2O2. The van der Waals surface area contributed by atoms with Crippen LogP contribution in [0.15, 0.2) is 59.5 Å². The van der Waals surface area contributed by atoms with E-state index >= 15 is 0 Å². The van der Waals surface area contributed by atoms with Crippen molar-refractivity contribution in [1.82, 2.24) is 9.38 Å². The van der Waals surface area contributed by atoms with Gasteiger partial charge in [0.05, 0.1) is 5.69 Å². The molecule has 100 valence electrons. The lowest BCUT2D eigenvalue weighted by molar-refractivity contribution is 0.301. The summed E-state index contributed by atoms with van der Waals surface area (Å²) in [5.41, 5.74) is 2.18. The Balaban J connectivity index is 1.93. The van der Waals surface area contributed by atoms with E-state index < -0.39 is 0 Å². The predicted molar refractivity (Wildman–Crippen MR) is 77.0 cm³/mol. The van der Waals surface area contributed by atoms with Crippen molar-refractivity contribution in [2.24, 2.45) is 0 Å². The molecule has 1 aromatic carbocycles. The first kappa shape index (κ1) is 12.4. The number of pyridine rings is 1. The summed E-state index contributed by atoms with van der Waals surface area (Å²) in [7, 11) is 0. The van der Waals surface area contributed by atoms with E-state index in [1.165, 1.54) is 6.07 Å². The van der Waals surface area contributed by atoms with Crippen molar-refractivity contribution in [1.29, 1.82) is 0 Å². The van der Waals surface area contributed by atoms with Gasteiger partial charge in [-0.25, -0.2) is 4.98 Å². The van der Waals surface area contributed by atoms with Crippen molar-refractivity contribution in [3.63, 3.8) is 0 Å². The fourth-order valence-electron chi connectivity index (χ4n) is 2.06. The van der Waals surface area contributed by atoms with Crippen LogP contribution < -0.4 is 10.3 Å². The maximum Gasteiger partial charge on any atom is 0.258 e. The third-order valence-corrected chi connectivity index (χ3v) is 3.07. The van der Waals surface area contributed by atoms with Crippen LogP contribution >= 0.6 is 0 Å². The maximum absolute atomic E-state index is 12.0. The van der Waals surface area contributed by atoms with Crippen molar-refractivity contribution >= 4 is 5.65 Å². The third kappa shape index (κ3) is 2.40. The Morgan fingerprint density at radius 1 is 1.15 bits per heavy atom. The van der Waals surface area contributed by atoms with E-state index in [0.29, 0.717) is 11.3 Å². The molecule has 0 atom stereocenters. The molecule has 0 radical (unpaired) electrons. The van der Waals surface area contributed by atoms with Crippen LogP contribution in [0.2, 0.25) is 0 Å². The number of para-hydroxylation sites is 1. The first-order valence-corrected chi connectivity index (χ1v) is 6.40. The summed E-state index contributed by atoms with van der Waals surface area (Å²) < 4.78 is 7.17. The standard InChI is InChI=1S/C16H14N2O2/c1-12-6-5-9-18-15(19)10-13(17-16(12)18)11-20-14-7-3-2-4-8-14/h2-10H,11H2,1H3. The van der Waals surface area contributed by atoms with Crippen LogP contribution in [0.25, 0.3) is 5.65 Å². The van der Waals surface area contributed by atoms with E-state index in [-0.39, 0.29) is 12.2 Å². The monoisotopic (exact) mass is 266 g/mol. The van der Waals surface area contributed by atoms with Gasteiger partial charge in [-0.1, -0.05) is 24.3 Å². The first-order chi connectivity index (χ1) is 9.74. The average molecular weight is 266 g/mol. The fourth-order valence-corrected chi connectivity index (χ4v) is 2.06. The number of fused-ring (bicyclic) bond motifs is 1. The highest BCUT2D eigenvalue weighted by Gasteiger charge is 2.05. The zero-order chi connectivity index (χ0) is 13.9. The van der Waals surface area contributed by atoms with Gasteiger partial charge in [-0.3, -0.25) is 9.20 Å². The molecule has 0 saturated heterocycles. The van der Waals surface area contributed by atoms with E-state index in [1.807, 2.05) is 49.4 Å². The summed E-state index contributed by atoms with van der Waals surface area (Å²) >= 11 is 0. The summed E-state index contributed by atoms with van der Waals surface area (Å²) in [4.78, 5) is 16.5. The Morgan fingerprint density at radius 2 is 1.95 bits per heavy atom. The van der Waals surface area contributed by atoms with Crippen molar-refractivity contribution in [2.45, 2.75) is 13.5 Å². The lowest BCUT2D eigenvalue weighted by Crippen LogP contribution is -2.16. The second-order valence-corrected chi connectivity index (χ2v) is 4.57. The molecule has 4 nitrogen and oxygen atoms in total. The second-order valence-electron chi connectivity index (χ2n) is 4.57. The lowest BCUT2D eigenvalue weighted by Gasteiger charge is -2.08. The molecule has 3 aromatic rings. The molecule has 3 rings (SSSR count). The molecule has 0 spiro atoms. The van der Waals surface area contributed by atoms with Gasteiger partial charge in [0.15, 0.2) is 0 Å². The molecule has 0 aliphatic rings. The number of hydrogen-bond donors (Lipinski definition) is 0. The van der Waals surface area contributed by atoms with Crippen LogP contribution in [0.4, 0.5) is 0 Å². The quantitative estimate of drug-likeness (QED) is 0.732. The first-order valence-electron chi connectivity index (χ1n) is 6.40. The summed E-state index contributed by atoms with van der Waals surface area (Å²) in [5, 5.41) is 0. The minimum absolute atomic E-state index is 0.0923. The number of aromatic nitrogens is 2. The number of ether oxygens (including phenoxy) is 1. The lowest BCUT2D eigenvalue weighted by atomic mass is 10.3. The average Bonchev–Trinajstić information content (AvgIpc) is 2.47. The van der Waals surface area contributed by atoms with Crippen molar-refractivity contribution in [3.05, 3.63) is 76.3 Å². The summed E-state index contributed by atoms with van der Waals surface area (Å²) in [6, 6.07) is 14.8. The highest BCUT2D eigenvalue weighted by atomic mass is 16.5. The molecule has 0 fully saturated rings. The SMILES string of the molecule is Cc1cccn2c(=O)cc(COc3ccccc3)nc12. The number of nitrogens with zero attached hydrogens (tertiary/aromatic N) is 2. The van der Waals surface area contributed by atoms with E-state index in [9.17, 15) is 4.79 Å². The summed E-state index contributed by atoms with van der Waals surface area (Å²) in [6.07, 6.45) is 1.72. The van der Waals surface area contributed by atoms with Crippen LogP contribution in [-0.2, 0) is 6.61 Å². The van der Waals surface area contributed by atoms with Crippen molar-refractivity contribution < 1.29 is 4.74 Å². The Labute approximate surface area is 116 Å². The van der Waals surface area contributed by atoms with E-state index in [2.05, 4.69) is 4.98 Å². The van der Waals surface area contributed by atoms with Gasteiger partial charge in [0, 0.05) is 12.3 Å². The predicted octanol–water partition coefficient (Wildman–Crippen LogP) is 2.58. The fraction of sp³-hybridized carbons (Fsp3) is 0.125. The minimum Gasteiger partial charge on any atom is -0.487 e. The maximum atomic E-state index is 12.0. The van der Waals surface area contributed by atoms with Gasteiger partial charge in [-0.2, -0.15) is 0 Å². The number of rotatable bonds is 3.